The molecule has 4 nitrogen and oxygen atoms in total. The molecule has 10 atom stereocenters. The van der Waals surface area contributed by atoms with Crippen LogP contribution >= 0.6 is 0 Å². The predicted octanol–water partition coefficient (Wildman–Crippen LogP) is 5.71. The molecule has 0 aromatic carbocycles. The Balaban J connectivity index is 1.66. The van der Waals surface area contributed by atoms with E-state index in [2.05, 4.69) is 34.6 Å². The van der Waals surface area contributed by atoms with Gasteiger partial charge in [-0.1, -0.05) is 41.0 Å². The van der Waals surface area contributed by atoms with Crippen LogP contribution < -0.4 is 0 Å². The molecule has 0 aromatic heterocycles. The van der Waals surface area contributed by atoms with Gasteiger partial charge in [-0.15, -0.1) is 0 Å². The molecule has 4 heteroatoms. The molecule has 4 aliphatic carbocycles. The van der Waals surface area contributed by atoms with Crippen LogP contribution in [0.5, 0.6) is 0 Å². The Kier molecular flexibility index (Phi) is 5.89. The highest BCUT2D eigenvalue weighted by Crippen LogP contribution is 2.72. The number of carbonyl (C=O) groups is 2. The summed E-state index contributed by atoms with van der Waals surface area (Å²) in [5.74, 6) is 2.19. The van der Waals surface area contributed by atoms with Gasteiger partial charge in [0.2, 0.25) is 0 Å². The van der Waals surface area contributed by atoms with Gasteiger partial charge in [0.05, 0.1) is 6.10 Å². The van der Waals surface area contributed by atoms with Crippen LogP contribution in [0.1, 0.15) is 98.8 Å². The number of aliphatic carboxylic acids is 1. The zero-order chi connectivity index (χ0) is 22.8. The van der Waals surface area contributed by atoms with Crippen molar-refractivity contribution >= 4 is 11.8 Å². The van der Waals surface area contributed by atoms with Crippen molar-refractivity contribution in [3.8, 4) is 0 Å². The molecule has 4 aliphatic rings. The van der Waals surface area contributed by atoms with Gasteiger partial charge in [0.25, 0.3) is 0 Å². The Morgan fingerprint density at radius 1 is 1.10 bits per heavy atom. The Morgan fingerprint density at radius 3 is 2.45 bits per heavy atom. The molecule has 0 aromatic rings. The molecule has 4 saturated carbocycles. The maximum atomic E-state index is 12.5. The largest absolute Gasteiger partial charge is 0.481 e. The van der Waals surface area contributed by atoms with E-state index < -0.39 is 5.97 Å². The third-order valence-electron chi connectivity index (χ3n) is 11.6. The lowest BCUT2D eigenvalue weighted by atomic mass is 9.37. The molecule has 0 spiro atoms. The summed E-state index contributed by atoms with van der Waals surface area (Å²) in [5, 5.41) is 21.0. The van der Waals surface area contributed by atoms with Crippen molar-refractivity contribution in [1.29, 1.82) is 0 Å². The van der Waals surface area contributed by atoms with E-state index in [1.165, 1.54) is 19.3 Å². The van der Waals surface area contributed by atoms with Gasteiger partial charge in [-0.2, -0.15) is 0 Å². The number of carbonyl (C=O) groups excluding carboxylic acids is 1. The Labute approximate surface area is 188 Å². The molecule has 31 heavy (non-hydrogen) atoms. The Bertz CT molecular complexity index is 733. The van der Waals surface area contributed by atoms with E-state index >= 15 is 0 Å². The Hall–Kier alpha value is -0.900. The number of carboxylic acid groups (broad SMARTS) is 1. The molecule has 0 heterocycles. The predicted molar refractivity (Wildman–Crippen MR) is 121 cm³/mol. The van der Waals surface area contributed by atoms with Gasteiger partial charge in [-0.05, 0) is 90.3 Å². The summed E-state index contributed by atoms with van der Waals surface area (Å²) in [4.78, 5) is 23.7. The van der Waals surface area contributed by atoms with Crippen LogP contribution in [0.25, 0.3) is 0 Å². The number of carboxylic acids is 1. The summed E-state index contributed by atoms with van der Waals surface area (Å²) < 4.78 is 0. The molecular formula is C27H44O4. The average molecular weight is 433 g/mol. The number of Topliss-reactive ketones (excluding diaryl/α,β-unsaturated/α-hetero) is 1. The average Bonchev–Trinajstić information content (AvgIpc) is 3.05. The third kappa shape index (κ3) is 3.25. The zero-order valence-corrected chi connectivity index (χ0v) is 20.3. The molecule has 0 radical (unpaired) electrons. The molecule has 4 rings (SSSR count). The van der Waals surface area contributed by atoms with Crippen LogP contribution in [0.4, 0.5) is 0 Å². The van der Waals surface area contributed by atoms with E-state index in [4.69, 9.17) is 0 Å². The van der Waals surface area contributed by atoms with Crippen molar-refractivity contribution < 1.29 is 19.8 Å². The van der Waals surface area contributed by atoms with Gasteiger partial charge in [-0.3, -0.25) is 9.59 Å². The van der Waals surface area contributed by atoms with Gasteiger partial charge >= 0.3 is 5.97 Å². The van der Waals surface area contributed by atoms with Crippen LogP contribution in [-0.4, -0.2) is 28.1 Å². The minimum absolute atomic E-state index is 0.0990. The summed E-state index contributed by atoms with van der Waals surface area (Å²) in [6.07, 6.45) is 8.62. The van der Waals surface area contributed by atoms with Crippen LogP contribution in [0.15, 0.2) is 0 Å². The molecular weight excluding hydrogens is 388 g/mol. The van der Waals surface area contributed by atoms with Crippen molar-refractivity contribution in [2.24, 2.45) is 51.8 Å². The number of rotatable bonds is 5. The molecule has 0 saturated heterocycles. The lowest BCUT2D eigenvalue weighted by Crippen LogP contribution is -2.66. The minimum Gasteiger partial charge on any atom is -0.481 e. The van der Waals surface area contributed by atoms with E-state index in [1.807, 2.05) is 0 Å². The smallest absolute Gasteiger partial charge is 0.303 e. The molecule has 4 fully saturated rings. The van der Waals surface area contributed by atoms with Crippen LogP contribution in [0, 0.1) is 51.8 Å². The normalized spacial score (nSPS) is 50.3. The second-order valence-electron chi connectivity index (χ2n) is 12.5. The monoisotopic (exact) mass is 432 g/mol. The van der Waals surface area contributed by atoms with E-state index in [0.717, 1.165) is 25.7 Å². The first-order valence-corrected chi connectivity index (χ1v) is 12.9. The van der Waals surface area contributed by atoms with Crippen molar-refractivity contribution in [3.05, 3.63) is 0 Å². The van der Waals surface area contributed by atoms with Gasteiger partial charge in [0, 0.05) is 19.3 Å². The SMILES string of the molecule is CC[C@H]1[C@@H](O)C2C3CC[C@H]([C@H](C)CCC(=O)O)[C@@]3(C)CCC2[C@@]2(C)CCC(=O)C[C@@]12C. The summed E-state index contributed by atoms with van der Waals surface area (Å²) in [6, 6.07) is 0. The maximum Gasteiger partial charge on any atom is 0.303 e. The summed E-state index contributed by atoms with van der Waals surface area (Å²) in [5.41, 5.74) is 0.227. The number of hydrogen-bond donors (Lipinski definition) is 2. The Morgan fingerprint density at radius 2 is 1.81 bits per heavy atom. The first-order valence-electron chi connectivity index (χ1n) is 12.9. The second-order valence-corrected chi connectivity index (χ2v) is 12.5. The lowest BCUT2D eigenvalue weighted by Gasteiger charge is -2.68. The van der Waals surface area contributed by atoms with Crippen molar-refractivity contribution in [2.45, 2.75) is 105 Å². The zero-order valence-electron chi connectivity index (χ0n) is 20.3. The molecule has 176 valence electrons. The van der Waals surface area contributed by atoms with E-state index in [-0.39, 0.29) is 34.7 Å². The van der Waals surface area contributed by atoms with E-state index in [0.29, 0.717) is 48.2 Å². The molecule has 2 N–H and O–H groups in total. The van der Waals surface area contributed by atoms with Gasteiger partial charge in [0.1, 0.15) is 5.78 Å². The molecule has 3 unspecified atom stereocenters. The quantitative estimate of drug-likeness (QED) is 0.583. The maximum absolute atomic E-state index is 12.5. The summed E-state index contributed by atoms with van der Waals surface area (Å²) >= 11 is 0. The van der Waals surface area contributed by atoms with Gasteiger partial charge in [0.15, 0.2) is 0 Å². The highest BCUT2D eigenvalue weighted by molar-refractivity contribution is 5.80. The lowest BCUT2D eigenvalue weighted by molar-refractivity contribution is -0.230. The number of ketones is 1. The van der Waals surface area contributed by atoms with Crippen LogP contribution in [0.2, 0.25) is 0 Å². The standard InChI is InChI=1S/C27H44O4/c1-6-18-24(31)23-20-9-8-19(16(2)7-10-22(29)30)25(20,3)13-12-21(23)26(4)14-11-17(28)15-27(18,26)5/h16,18-21,23-24,31H,6-15H2,1-5H3,(H,29,30)/t16-,18+,19-,20?,21?,23?,24-,25-,26-,27+/m1/s1. The first-order chi connectivity index (χ1) is 14.5. The number of hydrogen-bond acceptors (Lipinski definition) is 3. The fourth-order valence-electron chi connectivity index (χ4n) is 9.83. The van der Waals surface area contributed by atoms with Gasteiger partial charge in [-0.25, -0.2) is 0 Å². The van der Waals surface area contributed by atoms with E-state index in [9.17, 15) is 19.8 Å². The molecule has 0 bridgehead atoms. The fraction of sp³-hybridized carbons (Fsp3) is 0.926. The third-order valence-corrected chi connectivity index (χ3v) is 11.6. The number of fused-ring (bicyclic) bond motifs is 5. The first kappa shape index (κ1) is 23.3. The number of aliphatic hydroxyl groups excluding tert-OH is 1. The van der Waals surface area contributed by atoms with E-state index in [1.54, 1.807) is 0 Å². The van der Waals surface area contributed by atoms with Crippen molar-refractivity contribution in [2.75, 3.05) is 0 Å². The van der Waals surface area contributed by atoms with Crippen molar-refractivity contribution in [3.63, 3.8) is 0 Å². The van der Waals surface area contributed by atoms with Crippen molar-refractivity contribution in [1.82, 2.24) is 0 Å². The minimum atomic E-state index is -0.692. The summed E-state index contributed by atoms with van der Waals surface area (Å²) in [7, 11) is 0. The molecule has 0 aliphatic heterocycles. The fourth-order valence-corrected chi connectivity index (χ4v) is 9.83. The second kappa shape index (κ2) is 7.85. The van der Waals surface area contributed by atoms with Crippen LogP contribution in [-0.2, 0) is 9.59 Å². The van der Waals surface area contributed by atoms with Crippen LogP contribution in [0.3, 0.4) is 0 Å². The highest BCUT2D eigenvalue weighted by Gasteiger charge is 2.68. The highest BCUT2D eigenvalue weighted by atomic mass is 16.4. The number of aliphatic hydroxyl groups is 1. The molecule has 0 amide bonds. The topological polar surface area (TPSA) is 74.6 Å². The summed E-state index contributed by atoms with van der Waals surface area (Å²) in [6.45, 7) is 11.7. The van der Waals surface area contributed by atoms with Gasteiger partial charge < -0.3 is 10.2 Å².